The van der Waals surface area contributed by atoms with Crippen LogP contribution in [0.25, 0.3) is 0 Å². The summed E-state index contributed by atoms with van der Waals surface area (Å²) in [5, 5.41) is 4.89. The molecular weight excluding hydrogens is 337 g/mol. The van der Waals surface area contributed by atoms with Crippen molar-refractivity contribution in [3.63, 3.8) is 0 Å². The highest BCUT2D eigenvalue weighted by atomic mass is 19.1. The molecule has 0 saturated heterocycles. The number of fused-ring (bicyclic) bond motifs is 1. The van der Waals surface area contributed by atoms with E-state index in [0.29, 0.717) is 6.42 Å². The summed E-state index contributed by atoms with van der Waals surface area (Å²) in [6, 6.07) is 11.2. The maximum atomic E-state index is 13.9. The van der Waals surface area contributed by atoms with E-state index >= 15 is 0 Å². The van der Waals surface area contributed by atoms with Gasteiger partial charge < -0.3 is 16.4 Å². The van der Waals surface area contributed by atoms with Crippen molar-refractivity contribution in [2.75, 3.05) is 5.32 Å². The van der Waals surface area contributed by atoms with Gasteiger partial charge in [0.25, 0.3) is 0 Å². The molecule has 1 aliphatic carbocycles. The molecule has 0 fully saturated rings. The Kier molecular flexibility index (Phi) is 4.97. The summed E-state index contributed by atoms with van der Waals surface area (Å²) in [5.41, 5.74) is 7.25. The number of nitrogens with one attached hydrogen (secondary N) is 2. The highest BCUT2D eigenvalue weighted by molar-refractivity contribution is 6.39. The van der Waals surface area contributed by atoms with Crippen LogP contribution in [0.5, 0.6) is 0 Å². The minimum Gasteiger partial charge on any atom is -0.366 e. The number of carbonyl (C=O) groups excluding carboxylic acids is 3. The van der Waals surface area contributed by atoms with Gasteiger partial charge in [0.05, 0.1) is 5.69 Å². The Hall–Kier alpha value is -3.22. The van der Waals surface area contributed by atoms with Crippen molar-refractivity contribution >= 4 is 23.4 Å². The van der Waals surface area contributed by atoms with Crippen molar-refractivity contribution in [2.45, 2.75) is 25.3 Å². The molecular formula is C19H18FN3O3. The van der Waals surface area contributed by atoms with E-state index in [1.807, 2.05) is 18.2 Å². The minimum atomic E-state index is -0.963. The van der Waals surface area contributed by atoms with E-state index in [2.05, 4.69) is 16.7 Å². The van der Waals surface area contributed by atoms with Crippen LogP contribution in [0.15, 0.2) is 42.5 Å². The summed E-state index contributed by atoms with van der Waals surface area (Å²) in [4.78, 5) is 35.1. The fourth-order valence-electron chi connectivity index (χ4n) is 3.02. The molecule has 2 aromatic carbocycles. The van der Waals surface area contributed by atoms with Gasteiger partial charge in [0.15, 0.2) is 0 Å². The molecule has 0 radical (unpaired) electrons. The number of hydrogen-bond acceptors (Lipinski definition) is 3. The lowest BCUT2D eigenvalue weighted by molar-refractivity contribution is -0.136. The number of aryl methyl sites for hydroxylation is 1. The zero-order valence-corrected chi connectivity index (χ0v) is 13.9. The van der Waals surface area contributed by atoms with Crippen LogP contribution in [-0.2, 0) is 22.4 Å². The van der Waals surface area contributed by atoms with Crippen molar-refractivity contribution in [1.29, 1.82) is 0 Å². The smallest absolute Gasteiger partial charge is 0.313 e. The number of rotatable bonds is 3. The number of anilines is 1. The molecule has 1 aliphatic rings. The third-order valence-corrected chi connectivity index (χ3v) is 4.39. The lowest BCUT2D eigenvalue weighted by Gasteiger charge is -2.25. The van der Waals surface area contributed by atoms with Gasteiger partial charge in [0.2, 0.25) is 5.91 Å². The molecule has 3 amide bonds. The van der Waals surface area contributed by atoms with Crippen molar-refractivity contribution in [3.8, 4) is 0 Å². The Labute approximate surface area is 149 Å². The molecule has 1 atom stereocenters. The van der Waals surface area contributed by atoms with E-state index in [-0.39, 0.29) is 17.3 Å². The lowest BCUT2D eigenvalue weighted by Crippen LogP contribution is -2.44. The van der Waals surface area contributed by atoms with E-state index in [0.717, 1.165) is 24.5 Å². The van der Waals surface area contributed by atoms with Gasteiger partial charge >= 0.3 is 11.8 Å². The zero-order chi connectivity index (χ0) is 18.7. The first kappa shape index (κ1) is 17.6. The number of amides is 3. The second kappa shape index (κ2) is 7.35. The third kappa shape index (κ3) is 3.88. The Morgan fingerprint density at radius 3 is 2.46 bits per heavy atom. The van der Waals surface area contributed by atoms with Crippen LogP contribution >= 0.6 is 0 Å². The molecule has 3 rings (SSSR count). The Morgan fingerprint density at radius 1 is 1.04 bits per heavy atom. The maximum absolute atomic E-state index is 13.9. The third-order valence-electron chi connectivity index (χ3n) is 4.39. The average molecular weight is 355 g/mol. The summed E-state index contributed by atoms with van der Waals surface area (Å²) >= 11 is 0. The number of hydrogen-bond donors (Lipinski definition) is 3. The van der Waals surface area contributed by atoms with E-state index in [1.54, 1.807) is 0 Å². The first-order valence-electron chi connectivity index (χ1n) is 8.22. The van der Waals surface area contributed by atoms with Gasteiger partial charge in [-0.3, -0.25) is 14.4 Å². The summed E-state index contributed by atoms with van der Waals surface area (Å²) in [5.74, 6) is -3.41. The fraction of sp³-hybridized carbons (Fsp3) is 0.211. The highest BCUT2D eigenvalue weighted by Gasteiger charge is 2.23. The van der Waals surface area contributed by atoms with Gasteiger partial charge in [-0.2, -0.15) is 0 Å². The molecule has 0 heterocycles. The van der Waals surface area contributed by atoms with Crippen molar-refractivity contribution in [3.05, 3.63) is 65.0 Å². The van der Waals surface area contributed by atoms with E-state index in [9.17, 15) is 18.8 Å². The Morgan fingerprint density at radius 2 is 1.77 bits per heavy atom. The largest absolute Gasteiger partial charge is 0.366 e. The topological polar surface area (TPSA) is 101 Å². The molecule has 0 aromatic heterocycles. The van der Waals surface area contributed by atoms with Crippen LogP contribution in [0.3, 0.4) is 0 Å². The SMILES string of the molecule is NC(=O)c1ccc(NC(=O)C(=O)NC2CCc3ccccc3C2)c(F)c1. The molecule has 0 aliphatic heterocycles. The van der Waals surface area contributed by atoms with Gasteiger partial charge in [-0.15, -0.1) is 0 Å². The van der Waals surface area contributed by atoms with Crippen LogP contribution in [-0.4, -0.2) is 23.8 Å². The van der Waals surface area contributed by atoms with Crippen LogP contribution in [0.4, 0.5) is 10.1 Å². The van der Waals surface area contributed by atoms with Crippen molar-refractivity contribution in [1.82, 2.24) is 5.32 Å². The summed E-state index contributed by atoms with van der Waals surface area (Å²) < 4.78 is 13.9. The number of nitrogens with two attached hydrogens (primary N) is 1. The van der Waals surface area contributed by atoms with Crippen molar-refractivity contribution < 1.29 is 18.8 Å². The van der Waals surface area contributed by atoms with Crippen LogP contribution in [0.2, 0.25) is 0 Å². The minimum absolute atomic E-state index is 0.0224. The fourth-order valence-corrected chi connectivity index (χ4v) is 3.02. The van der Waals surface area contributed by atoms with E-state index < -0.39 is 23.5 Å². The number of primary amides is 1. The quantitative estimate of drug-likeness (QED) is 0.728. The second-order valence-electron chi connectivity index (χ2n) is 6.19. The number of carbonyl (C=O) groups is 3. The van der Waals surface area contributed by atoms with Crippen molar-refractivity contribution in [2.24, 2.45) is 5.73 Å². The average Bonchev–Trinajstić information content (AvgIpc) is 2.63. The monoisotopic (exact) mass is 355 g/mol. The molecule has 0 spiro atoms. The molecule has 7 heteroatoms. The van der Waals surface area contributed by atoms with Gasteiger partial charge in [0, 0.05) is 11.6 Å². The second-order valence-corrected chi connectivity index (χ2v) is 6.19. The lowest BCUT2D eigenvalue weighted by atomic mass is 9.88. The molecule has 4 N–H and O–H groups in total. The van der Waals surface area contributed by atoms with Gasteiger partial charge in [-0.25, -0.2) is 4.39 Å². The molecule has 0 saturated carbocycles. The van der Waals surface area contributed by atoms with Crippen LogP contribution in [0, 0.1) is 5.82 Å². The molecule has 0 bridgehead atoms. The normalized spacial score (nSPS) is 15.7. The number of halogens is 1. The summed E-state index contributed by atoms with van der Waals surface area (Å²) in [7, 11) is 0. The van der Waals surface area contributed by atoms with Gasteiger partial charge in [0.1, 0.15) is 5.82 Å². The highest BCUT2D eigenvalue weighted by Crippen LogP contribution is 2.21. The Balaban J connectivity index is 1.60. The standard InChI is InChI=1S/C19H18FN3O3/c20-15-10-13(17(21)24)6-8-16(15)23-19(26)18(25)22-14-7-5-11-3-1-2-4-12(11)9-14/h1-4,6,8,10,14H,5,7,9H2,(H2,21,24)(H,22,25)(H,23,26). The molecule has 1 unspecified atom stereocenters. The molecule has 2 aromatic rings. The van der Waals surface area contributed by atoms with Crippen LogP contribution < -0.4 is 16.4 Å². The Bertz CT molecular complexity index is 882. The number of benzene rings is 2. The maximum Gasteiger partial charge on any atom is 0.313 e. The molecule has 26 heavy (non-hydrogen) atoms. The summed E-state index contributed by atoms with van der Waals surface area (Å²) in [6.45, 7) is 0. The molecule has 134 valence electrons. The molecule has 6 nitrogen and oxygen atoms in total. The van der Waals surface area contributed by atoms with Gasteiger partial charge in [-0.1, -0.05) is 24.3 Å². The van der Waals surface area contributed by atoms with E-state index in [4.69, 9.17) is 5.73 Å². The van der Waals surface area contributed by atoms with Crippen LogP contribution in [0.1, 0.15) is 27.9 Å². The first-order chi connectivity index (χ1) is 12.4. The van der Waals surface area contributed by atoms with Gasteiger partial charge in [-0.05, 0) is 48.6 Å². The summed E-state index contributed by atoms with van der Waals surface area (Å²) in [6.07, 6.45) is 2.21. The predicted octanol–water partition coefficient (Wildman–Crippen LogP) is 1.54. The van der Waals surface area contributed by atoms with E-state index in [1.165, 1.54) is 17.7 Å². The zero-order valence-electron chi connectivity index (χ0n) is 13.9. The predicted molar refractivity (Wildman–Crippen MR) is 93.9 cm³/mol. The first-order valence-corrected chi connectivity index (χ1v) is 8.22.